The van der Waals surface area contributed by atoms with Crippen LogP contribution in [0, 0.1) is 16.0 Å². The van der Waals surface area contributed by atoms with Crippen molar-refractivity contribution in [2.75, 3.05) is 52.1 Å². The van der Waals surface area contributed by atoms with Gasteiger partial charge in [-0.05, 0) is 50.3 Å². The third-order valence-electron chi connectivity index (χ3n) is 11.6. The number of aliphatic hydroxyl groups excluding tert-OH is 1. The molecule has 392 valence electrons. The molecule has 1 amide bonds. The summed E-state index contributed by atoms with van der Waals surface area (Å²) >= 11 is 0. The Hall–Kier alpha value is -6.50. The molecule has 17 heteroatoms. The van der Waals surface area contributed by atoms with Crippen molar-refractivity contribution < 1.29 is 62.7 Å². The highest BCUT2D eigenvalue weighted by atomic mass is 16.7. The number of alkyl carbamates (subject to hydrolysis) is 1. The number of para-hydroxylation sites is 2. The lowest BCUT2D eigenvalue weighted by atomic mass is 9.96. The number of hydrogen-bond acceptors (Lipinski definition) is 14. The van der Waals surface area contributed by atoms with Crippen LogP contribution < -0.4 is 10.2 Å². The monoisotopic (exact) mass is 1000 g/mol. The number of carboxylic acids is 1. The number of nitrogens with one attached hydrogen (secondary N) is 1. The van der Waals surface area contributed by atoms with Crippen LogP contribution in [0.2, 0.25) is 0 Å². The molecule has 72 heavy (non-hydrogen) atoms. The predicted octanol–water partition coefficient (Wildman–Crippen LogP) is 9.80. The highest BCUT2D eigenvalue weighted by molar-refractivity contribution is 6.02. The number of esters is 1. The summed E-state index contributed by atoms with van der Waals surface area (Å²) < 4.78 is 31.6. The lowest BCUT2D eigenvalue weighted by Crippen LogP contribution is -2.44. The van der Waals surface area contributed by atoms with Gasteiger partial charge < -0.3 is 48.9 Å². The van der Waals surface area contributed by atoms with Gasteiger partial charge in [-0.2, -0.15) is 0 Å². The van der Waals surface area contributed by atoms with E-state index in [-0.39, 0.29) is 29.7 Å². The Balaban J connectivity index is 0.000000256. The SMILES string of the molecule is C=C(C)C(=O)OC(CO)N(CC(=O)O)c1ccccc1.CCCCC(CC)COCC1CO1.COC(OC)(C(=O)c1ccccc1)c1ccccc1.O=C(NC1CCCCC1)OCc1ccccc1[N+](=O)[O-]. The Morgan fingerprint density at radius 3 is 2.00 bits per heavy atom. The molecule has 0 radical (unpaired) electrons. The van der Waals surface area contributed by atoms with Crippen molar-refractivity contribution in [3.05, 3.63) is 154 Å². The molecule has 1 saturated carbocycles. The van der Waals surface area contributed by atoms with Gasteiger partial charge in [-0.25, -0.2) is 9.59 Å². The predicted molar refractivity (Wildman–Crippen MR) is 273 cm³/mol. The van der Waals surface area contributed by atoms with E-state index in [1.165, 1.54) is 64.2 Å². The molecule has 17 nitrogen and oxygen atoms in total. The number of carboxylic acid groups (broad SMARTS) is 1. The van der Waals surface area contributed by atoms with Crippen LogP contribution in [0.4, 0.5) is 16.2 Å². The van der Waals surface area contributed by atoms with Crippen LogP contribution >= 0.6 is 0 Å². The fourth-order valence-electron chi connectivity index (χ4n) is 7.46. The summed E-state index contributed by atoms with van der Waals surface area (Å²) in [5.74, 6) is -2.64. The molecule has 1 aliphatic carbocycles. The number of amides is 1. The molecule has 3 N–H and O–H groups in total. The second-order valence-electron chi connectivity index (χ2n) is 17.1. The van der Waals surface area contributed by atoms with E-state index in [1.807, 2.05) is 48.5 Å². The number of carbonyl (C=O) groups is 4. The zero-order chi connectivity index (χ0) is 52.7. The average molecular weight is 1000 g/mol. The third-order valence-corrected chi connectivity index (χ3v) is 11.6. The number of methoxy groups -OCH3 is 2. The number of ketones is 1. The number of benzene rings is 4. The number of epoxide rings is 1. The highest BCUT2D eigenvalue weighted by Crippen LogP contribution is 2.30. The van der Waals surface area contributed by atoms with Crippen LogP contribution in [0.5, 0.6) is 0 Å². The number of aliphatic carboxylic acids is 1. The number of carbonyl (C=O) groups excluding carboxylic acids is 3. The first-order chi connectivity index (χ1) is 34.7. The van der Waals surface area contributed by atoms with E-state index in [4.69, 9.17) is 33.5 Å². The largest absolute Gasteiger partial charge is 0.480 e. The molecule has 1 heterocycles. The molecule has 0 bridgehead atoms. The van der Waals surface area contributed by atoms with Crippen LogP contribution in [-0.2, 0) is 50.4 Å². The van der Waals surface area contributed by atoms with Gasteiger partial charge in [-0.15, -0.1) is 0 Å². The fraction of sp³-hybridized carbons (Fsp3) is 0.455. The van der Waals surface area contributed by atoms with E-state index in [0.717, 1.165) is 51.4 Å². The van der Waals surface area contributed by atoms with Crippen molar-refractivity contribution >= 4 is 35.2 Å². The van der Waals surface area contributed by atoms with E-state index in [2.05, 4.69) is 25.7 Å². The third kappa shape index (κ3) is 21.1. The molecular formula is C55H73N3O14. The molecular weight excluding hydrogens is 927 g/mol. The number of nitro benzene ring substituents is 1. The number of ether oxygens (including phenoxy) is 6. The van der Waals surface area contributed by atoms with Crippen LogP contribution in [0.15, 0.2) is 127 Å². The first-order valence-corrected chi connectivity index (χ1v) is 24.3. The van der Waals surface area contributed by atoms with Crippen LogP contribution in [0.3, 0.4) is 0 Å². The molecule has 4 aromatic carbocycles. The van der Waals surface area contributed by atoms with Crippen molar-refractivity contribution in [3.63, 3.8) is 0 Å². The minimum atomic E-state index is -1.40. The summed E-state index contributed by atoms with van der Waals surface area (Å²) in [6, 6.07) is 33.2. The van der Waals surface area contributed by atoms with E-state index in [0.29, 0.717) is 28.5 Å². The van der Waals surface area contributed by atoms with E-state index in [1.54, 1.807) is 60.7 Å². The Morgan fingerprint density at radius 1 is 0.889 bits per heavy atom. The highest BCUT2D eigenvalue weighted by Gasteiger charge is 2.41. The number of hydrogen-bond donors (Lipinski definition) is 3. The van der Waals surface area contributed by atoms with Gasteiger partial charge in [0.1, 0.15) is 19.3 Å². The van der Waals surface area contributed by atoms with Gasteiger partial charge in [-0.1, -0.05) is 150 Å². The summed E-state index contributed by atoms with van der Waals surface area (Å²) in [6.07, 6.45) is 9.42. The first-order valence-electron chi connectivity index (χ1n) is 24.3. The van der Waals surface area contributed by atoms with Crippen molar-refractivity contribution in [1.82, 2.24) is 5.32 Å². The molecule has 2 aliphatic rings. The summed E-state index contributed by atoms with van der Waals surface area (Å²) in [4.78, 5) is 58.5. The van der Waals surface area contributed by atoms with Gasteiger partial charge in [0.25, 0.3) is 11.5 Å². The maximum Gasteiger partial charge on any atom is 0.407 e. The van der Waals surface area contributed by atoms with E-state index < -0.39 is 48.1 Å². The fourth-order valence-corrected chi connectivity index (χ4v) is 7.46. The maximum absolute atomic E-state index is 12.7. The van der Waals surface area contributed by atoms with Gasteiger partial charge in [0.2, 0.25) is 5.78 Å². The van der Waals surface area contributed by atoms with E-state index >= 15 is 0 Å². The number of aliphatic hydroxyl groups is 1. The molecule has 2 fully saturated rings. The summed E-state index contributed by atoms with van der Waals surface area (Å²) in [7, 11) is 2.94. The molecule has 6 rings (SSSR count). The van der Waals surface area contributed by atoms with Gasteiger partial charge >= 0.3 is 18.0 Å². The molecule has 4 aromatic rings. The second-order valence-corrected chi connectivity index (χ2v) is 17.1. The Bertz CT molecular complexity index is 2220. The van der Waals surface area contributed by atoms with Crippen molar-refractivity contribution in [2.45, 2.75) is 109 Å². The van der Waals surface area contributed by atoms with Gasteiger partial charge in [-0.3, -0.25) is 19.7 Å². The number of nitro groups is 1. The zero-order valence-electron chi connectivity index (χ0n) is 42.3. The normalized spacial score (nSPS) is 14.7. The molecule has 3 atom stereocenters. The quantitative estimate of drug-likeness (QED) is 0.0113. The summed E-state index contributed by atoms with van der Waals surface area (Å²) in [6.45, 7) is 11.0. The summed E-state index contributed by atoms with van der Waals surface area (Å²) in [5.41, 5.74) is 2.30. The van der Waals surface area contributed by atoms with E-state index in [9.17, 15) is 34.4 Å². The summed E-state index contributed by atoms with van der Waals surface area (Å²) in [5, 5.41) is 32.0. The van der Waals surface area contributed by atoms with Crippen molar-refractivity contribution in [3.8, 4) is 0 Å². The molecule has 1 saturated heterocycles. The average Bonchev–Trinajstić information content (AvgIpc) is 4.24. The first kappa shape index (κ1) is 59.8. The van der Waals surface area contributed by atoms with Crippen molar-refractivity contribution in [2.24, 2.45) is 5.92 Å². The number of unbranched alkanes of at least 4 members (excludes halogenated alkanes) is 1. The number of rotatable bonds is 24. The minimum Gasteiger partial charge on any atom is -0.480 e. The number of nitrogens with zero attached hydrogens (tertiary/aromatic N) is 2. The topological polar surface area (TPSA) is 226 Å². The van der Waals surface area contributed by atoms with Crippen LogP contribution in [0.1, 0.15) is 100 Å². The lowest BCUT2D eigenvalue weighted by Gasteiger charge is -2.30. The number of anilines is 1. The van der Waals surface area contributed by atoms with Crippen LogP contribution in [0.25, 0.3) is 0 Å². The van der Waals surface area contributed by atoms with Crippen LogP contribution in [-0.4, -0.2) is 105 Å². The minimum absolute atomic E-state index is 0.0297. The Labute approximate surface area is 423 Å². The standard InChI is InChI=1S/C16H16O3.C14H18N2O4.C14H17NO5.C11H22O2/c1-18-16(19-2,14-11-7-4-8-12-14)15(17)13-9-5-3-6-10-13;17-14(15-12-7-2-1-3-8-12)20-10-11-6-4-5-9-13(11)16(18)19;1-10(2)14(19)20-12(9-16)15(8-13(17)18)11-6-4-3-5-7-11;1-3-5-6-10(4-2)7-12-8-11-9-13-11/h3-12H,1-2H3;4-6,9,12H,1-3,7-8,10H2,(H,15,17);3-7,12,16H,1,8-9H2,2H3,(H,17,18);10-11H,3-9H2,1-2H3. The van der Waals surface area contributed by atoms with Gasteiger partial charge in [0, 0.05) is 55.3 Å². The molecule has 0 spiro atoms. The Morgan fingerprint density at radius 2 is 1.47 bits per heavy atom. The maximum atomic E-state index is 12.7. The van der Waals surface area contributed by atoms with Gasteiger partial charge in [0.15, 0.2) is 6.23 Å². The second kappa shape index (κ2) is 33.2. The van der Waals surface area contributed by atoms with Crippen molar-refractivity contribution in [1.29, 1.82) is 0 Å². The smallest absolute Gasteiger partial charge is 0.407 e. The lowest BCUT2D eigenvalue weighted by molar-refractivity contribution is -0.385. The zero-order valence-corrected chi connectivity index (χ0v) is 42.3. The molecule has 0 aromatic heterocycles. The number of Topliss-reactive ketones (excluding diaryl/α,β-unsaturated/α-hetero) is 1. The molecule has 3 unspecified atom stereocenters. The molecule has 1 aliphatic heterocycles. The van der Waals surface area contributed by atoms with Gasteiger partial charge in [0.05, 0.1) is 30.3 Å². The Kier molecular flexibility index (Phi) is 27.6.